The van der Waals surface area contributed by atoms with E-state index in [-0.39, 0.29) is 16.3 Å². The number of nitrogens with one attached hydrogen (secondary N) is 1. The molecule has 8 heteroatoms. The molecule has 0 saturated carbocycles. The van der Waals surface area contributed by atoms with E-state index in [1.165, 1.54) is 6.26 Å². The van der Waals surface area contributed by atoms with Crippen LogP contribution in [0.5, 0.6) is 0 Å². The fourth-order valence-electron chi connectivity index (χ4n) is 1.59. The van der Waals surface area contributed by atoms with E-state index >= 15 is 0 Å². The maximum absolute atomic E-state index is 12.6. The smallest absolute Gasteiger partial charge is 0.349 e. The van der Waals surface area contributed by atoms with Gasteiger partial charge in [0.2, 0.25) is 0 Å². The lowest BCUT2D eigenvalue weighted by Crippen LogP contribution is -2.36. The predicted octanol–water partition coefficient (Wildman–Crippen LogP) is 2.86. The Morgan fingerprint density at radius 3 is 2.50 bits per heavy atom. The molecule has 0 bridgehead atoms. The van der Waals surface area contributed by atoms with Gasteiger partial charge in [-0.2, -0.15) is 13.2 Å². The molecule has 0 aliphatic carbocycles. The number of rotatable bonds is 4. The van der Waals surface area contributed by atoms with Gasteiger partial charge >= 0.3 is 6.18 Å². The fraction of sp³-hybridized carbons (Fsp3) is 0.417. The van der Waals surface area contributed by atoms with Gasteiger partial charge in [-0.05, 0) is 25.1 Å². The minimum atomic E-state index is -4.57. The quantitative estimate of drug-likeness (QED) is 0.924. The molecule has 0 aromatic heterocycles. The zero-order valence-electron chi connectivity index (χ0n) is 10.8. The predicted molar refractivity (Wildman–Crippen MR) is 72.3 cm³/mol. The standard InChI is InChI=1S/C12H13ClF3NO2S/c1-7(6-20(2)19)17-11(18)8-3-9(12(14,15)16)5-10(13)4-8/h3-5,7H,6H2,1-2H3,(H,17,18)/t7-,20-/m1/s1. The van der Waals surface area contributed by atoms with Gasteiger partial charge < -0.3 is 5.32 Å². The maximum Gasteiger partial charge on any atom is 0.416 e. The van der Waals surface area contributed by atoms with Gasteiger partial charge in [0.1, 0.15) is 0 Å². The molecule has 2 atom stereocenters. The summed E-state index contributed by atoms with van der Waals surface area (Å²) in [6, 6.07) is 2.23. The van der Waals surface area contributed by atoms with E-state index in [1.54, 1.807) is 6.92 Å². The van der Waals surface area contributed by atoms with Crippen molar-refractivity contribution in [2.75, 3.05) is 12.0 Å². The Balaban J connectivity index is 2.93. The van der Waals surface area contributed by atoms with Crippen molar-refractivity contribution in [2.45, 2.75) is 19.1 Å². The molecule has 0 saturated heterocycles. The van der Waals surface area contributed by atoms with Crippen molar-refractivity contribution in [2.24, 2.45) is 0 Å². The summed E-state index contributed by atoms with van der Waals surface area (Å²) >= 11 is 5.59. The summed E-state index contributed by atoms with van der Waals surface area (Å²) in [5, 5.41) is 2.31. The molecule has 3 nitrogen and oxygen atoms in total. The maximum atomic E-state index is 12.6. The van der Waals surface area contributed by atoms with Crippen molar-refractivity contribution in [3.63, 3.8) is 0 Å². The van der Waals surface area contributed by atoms with E-state index in [0.717, 1.165) is 18.2 Å². The first kappa shape index (κ1) is 17.0. The van der Waals surface area contributed by atoms with E-state index in [2.05, 4.69) is 5.32 Å². The Kier molecular flexibility index (Phi) is 5.59. The van der Waals surface area contributed by atoms with Crippen LogP contribution >= 0.6 is 11.6 Å². The van der Waals surface area contributed by atoms with Crippen molar-refractivity contribution < 1.29 is 22.2 Å². The van der Waals surface area contributed by atoms with Crippen LogP contribution in [-0.2, 0) is 17.0 Å². The van der Waals surface area contributed by atoms with Gasteiger partial charge in [0.05, 0.1) is 5.56 Å². The molecule has 0 aliphatic rings. The van der Waals surface area contributed by atoms with Crippen molar-refractivity contribution in [1.29, 1.82) is 0 Å². The SMILES string of the molecule is C[C@H](C[S@@](C)=O)NC(=O)c1cc(Cl)cc(C(F)(F)F)c1. The van der Waals surface area contributed by atoms with E-state index in [0.29, 0.717) is 0 Å². The molecule has 0 spiro atoms. The van der Waals surface area contributed by atoms with Gasteiger partial charge in [-0.3, -0.25) is 9.00 Å². The molecule has 1 N–H and O–H groups in total. The molecule has 1 rings (SSSR count). The first-order chi connectivity index (χ1) is 9.09. The molecule has 1 aromatic rings. The number of amides is 1. The second-order valence-corrected chi connectivity index (χ2v) is 6.26. The number of hydrogen-bond donors (Lipinski definition) is 1. The zero-order valence-corrected chi connectivity index (χ0v) is 12.3. The number of benzene rings is 1. The molecular weight excluding hydrogens is 315 g/mol. The highest BCUT2D eigenvalue weighted by molar-refractivity contribution is 7.84. The molecule has 0 aliphatic heterocycles. The lowest BCUT2D eigenvalue weighted by atomic mass is 10.1. The zero-order chi connectivity index (χ0) is 15.5. The third kappa shape index (κ3) is 5.13. The summed E-state index contributed by atoms with van der Waals surface area (Å²) in [6.07, 6.45) is -3.10. The molecule has 1 aromatic carbocycles. The highest BCUT2D eigenvalue weighted by Crippen LogP contribution is 2.31. The average molecular weight is 328 g/mol. The van der Waals surface area contributed by atoms with Crippen LogP contribution in [0.3, 0.4) is 0 Å². The summed E-state index contributed by atoms with van der Waals surface area (Å²) in [7, 11) is -1.11. The van der Waals surface area contributed by atoms with Crippen LogP contribution < -0.4 is 5.32 Å². The van der Waals surface area contributed by atoms with Crippen LogP contribution in [0.4, 0.5) is 13.2 Å². The van der Waals surface area contributed by atoms with Crippen molar-refractivity contribution >= 4 is 28.3 Å². The minimum absolute atomic E-state index is 0.170. The van der Waals surface area contributed by atoms with Crippen LogP contribution in [0.2, 0.25) is 5.02 Å². The van der Waals surface area contributed by atoms with Crippen LogP contribution in [0.1, 0.15) is 22.8 Å². The summed E-state index contributed by atoms with van der Waals surface area (Å²) < 4.78 is 48.8. The molecule has 0 radical (unpaired) electrons. The Hall–Kier alpha value is -1.08. The van der Waals surface area contributed by atoms with Crippen molar-refractivity contribution in [3.05, 3.63) is 34.3 Å². The highest BCUT2D eigenvalue weighted by Gasteiger charge is 2.31. The first-order valence-corrected chi connectivity index (χ1v) is 7.69. The number of halogens is 4. The van der Waals surface area contributed by atoms with Gasteiger partial charge in [-0.25, -0.2) is 0 Å². The monoisotopic (exact) mass is 327 g/mol. The minimum Gasteiger partial charge on any atom is -0.349 e. The number of carbonyl (C=O) groups is 1. The van der Waals surface area contributed by atoms with Gasteiger partial charge in [0.25, 0.3) is 5.91 Å². The van der Waals surface area contributed by atoms with E-state index in [4.69, 9.17) is 11.6 Å². The van der Waals surface area contributed by atoms with Gasteiger partial charge in [0.15, 0.2) is 0 Å². The van der Waals surface area contributed by atoms with Gasteiger partial charge in [-0.15, -0.1) is 0 Å². The lowest BCUT2D eigenvalue weighted by Gasteiger charge is -2.14. The Morgan fingerprint density at radius 2 is 2.00 bits per heavy atom. The second kappa shape index (κ2) is 6.58. The van der Waals surface area contributed by atoms with Crippen molar-refractivity contribution in [3.8, 4) is 0 Å². The van der Waals surface area contributed by atoms with E-state index in [9.17, 15) is 22.2 Å². The summed E-state index contributed by atoms with van der Waals surface area (Å²) in [6.45, 7) is 1.62. The second-order valence-electron chi connectivity index (χ2n) is 4.34. The van der Waals surface area contributed by atoms with E-state index < -0.39 is 34.5 Å². The van der Waals surface area contributed by atoms with Crippen LogP contribution in [0.15, 0.2) is 18.2 Å². The first-order valence-electron chi connectivity index (χ1n) is 5.58. The summed E-state index contributed by atoms with van der Waals surface area (Å²) in [5.74, 6) is -0.464. The van der Waals surface area contributed by atoms with Gasteiger partial charge in [0, 0.05) is 39.4 Å². The van der Waals surface area contributed by atoms with Crippen molar-refractivity contribution in [1.82, 2.24) is 5.32 Å². The summed E-state index contributed by atoms with van der Waals surface area (Å²) in [4.78, 5) is 11.8. The highest BCUT2D eigenvalue weighted by atomic mass is 35.5. The largest absolute Gasteiger partial charge is 0.416 e. The molecule has 0 heterocycles. The van der Waals surface area contributed by atoms with E-state index in [1.807, 2.05) is 0 Å². The van der Waals surface area contributed by atoms with Gasteiger partial charge in [-0.1, -0.05) is 11.6 Å². The number of hydrogen-bond acceptors (Lipinski definition) is 2. The van der Waals surface area contributed by atoms with Crippen LogP contribution in [0, 0.1) is 0 Å². The van der Waals surface area contributed by atoms with Crippen LogP contribution in [-0.4, -0.2) is 28.2 Å². The molecule has 1 amide bonds. The molecule has 0 fully saturated rings. The lowest BCUT2D eigenvalue weighted by molar-refractivity contribution is -0.137. The third-order valence-electron chi connectivity index (χ3n) is 2.35. The normalized spacial score (nSPS) is 14.7. The summed E-state index contributed by atoms with van der Waals surface area (Å²) in [5.41, 5.74) is -1.17. The molecule has 112 valence electrons. The Morgan fingerprint density at radius 1 is 1.40 bits per heavy atom. The molecule has 0 unspecified atom stereocenters. The topological polar surface area (TPSA) is 46.2 Å². The molecular formula is C12H13ClF3NO2S. The number of carbonyl (C=O) groups excluding carboxylic acids is 1. The van der Waals surface area contributed by atoms with Crippen LogP contribution in [0.25, 0.3) is 0 Å². The number of alkyl halides is 3. The average Bonchev–Trinajstić information content (AvgIpc) is 2.25. The third-order valence-corrected chi connectivity index (χ3v) is 3.54. The molecule has 20 heavy (non-hydrogen) atoms. The Labute approximate surface area is 122 Å². The Bertz CT molecular complexity index is 534. The fourth-order valence-corrected chi connectivity index (χ4v) is 2.61.